The van der Waals surface area contributed by atoms with E-state index < -0.39 is 11.8 Å². The predicted octanol–water partition coefficient (Wildman–Crippen LogP) is 2.14. The number of esters is 1. The zero-order valence-corrected chi connectivity index (χ0v) is 9.96. The standard InChI is InChI=1S/C13H13NO3/c1-7-4-5-8(2)11-10(7)9(6-14-11)12(15)13(16)17-3/h4-6,14H,1-3H3. The zero-order chi connectivity index (χ0) is 12.6. The van der Waals surface area contributed by atoms with Gasteiger partial charge < -0.3 is 9.72 Å². The Bertz CT molecular complexity index is 610. The van der Waals surface area contributed by atoms with E-state index in [1.807, 2.05) is 26.0 Å². The van der Waals surface area contributed by atoms with Gasteiger partial charge in [0.05, 0.1) is 12.7 Å². The summed E-state index contributed by atoms with van der Waals surface area (Å²) in [5.41, 5.74) is 3.25. The summed E-state index contributed by atoms with van der Waals surface area (Å²) in [4.78, 5) is 26.1. The molecule has 88 valence electrons. The van der Waals surface area contributed by atoms with Crippen LogP contribution < -0.4 is 0 Å². The van der Waals surface area contributed by atoms with Gasteiger partial charge >= 0.3 is 5.97 Å². The van der Waals surface area contributed by atoms with Crippen molar-refractivity contribution in [1.82, 2.24) is 4.98 Å². The Kier molecular flexibility index (Phi) is 2.71. The molecule has 0 bridgehead atoms. The highest BCUT2D eigenvalue weighted by atomic mass is 16.5. The van der Waals surface area contributed by atoms with E-state index in [1.54, 1.807) is 6.20 Å². The summed E-state index contributed by atoms with van der Waals surface area (Å²) in [6.45, 7) is 3.86. The van der Waals surface area contributed by atoms with Crippen molar-refractivity contribution in [3.8, 4) is 0 Å². The number of Topliss-reactive ketones (excluding diaryl/α,β-unsaturated/α-hetero) is 1. The Morgan fingerprint density at radius 2 is 1.82 bits per heavy atom. The number of rotatable bonds is 2. The molecule has 0 radical (unpaired) electrons. The number of carbonyl (C=O) groups excluding carboxylic acids is 2. The summed E-state index contributed by atoms with van der Waals surface area (Å²) in [5.74, 6) is -1.46. The van der Waals surface area contributed by atoms with Crippen LogP contribution in [-0.2, 0) is 9.53 Å². The smallest absolute Gasteiger partial charge is 0.379 e. The second kappa shape index (κ2) is 4.05. The van der Waals surface area contributed by atoms with Crippen LogP contribution in [0, 0.1) is 13.8 Å². The molecule has 0 aliphatic rings. The monoisotopic (exact) mass is 231 g/mol. The van der Waals surface area contributed by atoms with Crippen molar-refractivity contribution in [3.05, 3.63) is 35.0 Å². The van der Waals surface area contributed by atoms with E-state index >= 15 is 0 Å². The molecule has 4 nitrogen and oxygen atoms in total. The highest BCUT2D eigenvalue weighted by molar-refractivity contribution is 6.43. The molecule has 0 unspecified atom stereocenters. The molecule has 1 aromatic heterocycles. The Labute approximate surface area is 98.6 Å². The number of fused-ring (bicyclic) bond motifs is 1. The van der Waals surface area contributed by atoms with E-state index in [1.165, 1.54) is 7.11 Å². The summed E-state index contributed by atoms with van der Waals surface area (Å²) >= 11 is 0. The molecule has 17 heavy (non-hydrogen) atoms. The van der Waals surface area contributed by atoms with E-state index in [-0.39, 0.29) is 0 Å². The van der Waals surface area contributed by atoms with Gasteiger partial charge in [0.25, 0.3) is 5.78 Å². The van der Waals surface area contributed by atoms with Crippen molar-refractivity contribution in [2.24, 2.45) is 0 Å². The van der Waals surface area contributed by atoms with E-state index in [9.17, 15) is 9.59 Å². The van der Waals surface area contributed by atoms with Gasteiger partial charge in [-0.1, -0.05) is 12.1 Å². The van der Waals surface area contributed by atoms with Gasteiger partial charge in [0.1, 0.15) is 0 Å². The van der Waals surface area contributed by atoms with Crippen LogP contribution >= 0.6 is 0 Å². The quantitative estimate of drug-likeness (QED) is 0.489. The summed E-state index contributed by atoms with van der Waals surface area (Å²) < 4.78 is 4.45. The maximum absolute atomic E-state index is 11.8. The molecule has 1 heterocycles. The summed E-state index contributed by atoms with van der Waals surface area (Å²) in [5, 5.41) is 0.792. The lowest BCUT2D eigenvalue weighted by molar-refractivity contribution is -0.135. The number of hydrogen-bond donors (Lipinski definition) is 1. The number of ether oxygens (including phenoxy) is 1. The third-order valence-corrected chi connectivity index (χ3v) is 2.87. The molecule has 0 amide bonds. The lowest BCUT2D eigenvalue weighted by Crippen LogP contribution is -2.15. The number of aromatic nitrogens is 1. The maximum atomic E-state index is 11.8. The van der Waals surface area contributed by atoms with Crippen LogP contribution in [0.2, 0.25) is 0 Å². The third-order valence-electron chi connectivity index (χ3n) is 2.87. The average Bonchev–Trinajstić information content (AvgIpc) is 2.77. The minimum absolute atomic E-state index is 0.369. The first-order valence-corrected chi connectivity index (χ1v) is 5.26. The molecule has 0 fully saturated rings. The molecule has 1 N–H and O–H groups in total. The van der Waals surface area contributed by atoms with E-state index in [4.69, 9.17) is 0 Å². The number of nitrogens with one attached hydrogen (secondary N) is 1. The van der Waals surface area contributed by atoms with Gasteiger partial charge in [-0.2, -0.15) is 0 Å². The fourth-order valence-electron chi connectivity index (χ4n) is 1.94. The number of aryl methyl sites for hydroxylation is 2. The minimum atomic E-state index is -0.841. The normalized spacial score (nSPS) is 10.5. The average molecular weight is 231 g/mol. The molecule has 0 saturated heterocycles. The number of benzene rings is 1. The molecular formula is C13H13NO3. The van der Waals surface area contributed by atoms with Crippen molar-refractivity contribution in [2.45, 2.75) is 13.8 Å². The molecule has 0 spiro atoms. The number of H-pyrrole nitrogens is 1. The highest BCUT2D eigenvalue weighted by Gasteiger charge is 2.21. The number of hydrogen-bond acceptors (Lipinski definition) is 3. The number of aromatic amines is 1. The Balaban J connectivity index is 2.68. The Hall–Kier alpha value is -2.10. The SMILES string of the molecule is COC(=O)C(=O)c1c[nH]c2c(C)ccc(C)c12. The lowest BCUT2D eigenvalue weighted by atomic mass is 10.0. The summed E-state index contributed by atoms with van der Waals surface area (Å²) in [6, 6.07) is 3.90. The van der Waals surface area contributed by atoms with Crippen molar-refractivity contribution < 1.29 is 14.3 Å². The van der Waals surface area contributed by atoms with Crippen LogP contribution in [0.3, 0.4) is 0 Å². The Morgan fingerprint density at radius 1 is 1.18 bits per heavy atom. The first-order chi connectivity index (χ1) is 8.06. The van der Waals surface area contributed by atoms with E-state index in [0.717, 1.165) is 22.0 Å². The first kappa shape index (κ1) is 11.4. The first-order valence-electron chi connectivity index (χ1n) is 5.26. The molecule has 0 atom stereocenters. The third kappa shape index (κ3) is 1.71. The van der Waals surface area contributed by atoms with Crippen molar-refractivity contribution in [2.75, 3.05) is 7.11 Å². The molecule has 2 aromatic rings. The van der Waals surface area contributed by atoms with Gasteiger partial charge in [-0.05, 0) is 25.0 Å². The van der Waals surface area contributed by atoms with Gasteiger partial charge in [0.15, 0.2) is 0 Å². The minimum Gasteiger partial charge on any atom is -0.463 e. The van der Waals surface area contributed by atoms with Gasteiger partial charge in [-0.25, -0.2) is 4.79 Å². The van der Waals surface area contributed by atoms with Crippen LogP contribution in [0.5, 0.6) is 0 Å². The molecule has 2 rings (SSSR count). The topological polar surface area (TPSA) is 59.2 Å². The lowest BCUT2D eigenvalue weighted by Gasteiger charge is -2.02. The van der Waals surface area contributed by atoms with Crippen LogP contribution in [0.15, 0.2) is 18.3 Å². The Morgan fingerprint density at radius 3 is 2.47 bits per heavy atom. The van der Waals surface area contributed by atoms with Crippen LogP contribution in [0.1, 0.15) is 21.5 Å². The molecule has 0 aliphatic carbocycles. The number of ketones is 1. The highest BCUT2D eigenvalue weighted by Crippen LogP contribution is 2.25. The van der Waals surface area contributed by atoms with E-state index in [0.29, 0.717) is 5.56 Å². The van der Waals surface area contributed by atoms with Crippen LogP contribution in [0.25, 0.3) is 10.9 Å². The van der Waals surface area contributed by atoms with Crippen molar-refractivity contribution in [1.29, 1.82) is 0 Å². The molecule has 1 aromatic carbocycles. The zero-order valence-electron chi connectivity index (χ0n) is 9.96. The molecule has 0 saturated carbocycles. The molecule has 4 heteroatoms. The van der Waals surface area contributed by atoms with Gasteiger partial charge in [0.2, 0.25) is 0 Å². The van der Waals surface area contributed by atoms with Gasteiger partial charge in [-0.15, -0.1) is 0 Å². The fraction of sp³-hybridized carbons (Fsp3) is 0.231. The number of carbonyl (C=O) groups is 2. The van der Waals surface area contributed by atoms with Gasteiger partial charge in [-0.3, -0.25) is 4.79 Å². The maximum Gasteiger partial charge on any atom is 0.379 e. The van der Waals surface area contributed by atoms with Crippen LogP contribution in [0.4, 0.5) is 0 Å². The van der Waals surface area contributed by atoms with Gasteiger partial charge in [0, 0.05) is 17.1 Å². The van der Waals surface area contributed by atoms with Crippen molar-refractivity contribution in [3.63, 3.8) is 0 Å². The van der Waals surface area contributed by atoms with Crippen LogP contribution in [-0.4, -0.2) is 23.8 Å². The molecule has 0 aliphatic heterocycles. The summed E-state index contributed by atoms with van der Waals surface area (Å²) in [6.07, 6.45) is 1.56. The molecular weight excluding hydrogens is 218 g/mol. The largest absolute Gasteiger partial charge is 0.463 e. The number of methoxy groups -OCH3 is 1. The van der Waals surface area contributed by atoms with E-state index in [2.05, 4.69) is 9.72 Å². The second-order valence-corrected chi connectivity index (χ2v) is 3.97. The predicted molar refractivity (Wildman–Crippen MR) is 64.1 cm³/mol. The van der Waals surface area contributed by atoms with Crippen molar-refractivity contribution >= 4 is 22.7 Å². The fourth-order valence-corrected chi connectivity index (χ4v) is 1.94. The summed E-state index contributed by atoms with van der Waals surface area (Å²) in [7, 11) is 1.20. The second-order valence-electron chi connectivity index (χ2n) is 3.97.